The molecule has 1 aromatic carbocycles. The average Bonchev–Trinajstić information content (AvgIpc) is 2.48. The third-order valence-electron chi connectivity index (χ3n) is 3.23. The van der Waals surface area contributed by atoms with E-state index < -0.39 is 0 Å². The first-order valence-electron chi connectivity index (χ1n) is 7.15. The van der Waals surface area contributed by atoms with E-state index in [0.717, 1.165) is 24.4 Å². The number of nitrogens with one attached hydrogen (secondary N) is 1. The summed E-state index contributed by atoms with van der Waals surface area (Å²) in [4.78, 5) is 4.59. The summed E-state index contributed by atoms with van der Waals surface area (Å²) in [5.74, 6) is 0. The fraction of sp³-hybridized carbons (Fsp3) is 0.278. The Morgan fingerprint density at radius 2 is 1.95 bits per heavy atom. The molecule has 2 heteroatoms. The van der Waals surface area contributed by atoms with Crippen LogP contribution in [0.25, 0.3) is 17.2 Å². The van der Waals surface area contributed by atoms with Crippen LogP contribution in [-0.4, -0.2) is 11.5 Å². The molecule has 1 aromatic heterocycles. The second-order valence-corrected chi connectivity index (χ2v) is 5.05. The summed E-state index contributed by atoms with van der Waals surface area (Å²) in [6.07, 6.45) is 5.19. The number of pyridine rings is 1. The first-order chi connectivity index (χ1) is 9.70. The van der Waals surface area contributed by atoms with Crippen LogP contribution in [0.3, 0.4) is 0 Å². The van der Waals surface area contributed by atoms with E-state index in [0.29, 0.717) is 0 Å². The van der Waals surface area contributed by atoms with E-state index in [2.05, 4.69) is 67.5 Å². The standard InChI is InChI=1S/C18H22N2/c1-4-10-19-15(3)12-18-14(2)11-17(13-20-18)16-8-6-5-7-9-16/h5-9,11-13,19H,4,10H2,1-3H3/b15-12-. The molecule has 20 heavy (non-hydrogen) atoms. The molecule has 0 saturated heterocycles. The molecule has 0 saturated carbocycles. The van der Waals surface area contributed by atoms with Crippen molar-refractivity contribution in [1.82, 2.24) is 10.3 Å². The van der Waals surface area contributed by atoms with Gasteiger partial charge in [0.15, 0.2) is 0 Å². The van der Waals surface area contributed by atoms with Gasteiger partial charge in [-0.05, 0) is 43.5 Å². The number of aromatic nitrogens is 1. The maximum Gasteiger partial charge on any atom is 0.0676 e. The van der Waals surface area contributed by atoms with Gasteiger partial charge in [-0.2, -0.15) is 0 Å². The highest BCUT2D eigenvalue weighted by atomic mass is 14.9. The van der Waals surface area contributed by atoms with E-state index in [-0.39, 0.29) is 0 Å². The summed E-state index contributed by atoms with van der Waals surface area (Å²) < 4.78 is 0. The Kier molecular flexibility index (Phi) is 4.94. The second kappa shape index (κ2) is 6.90. The van der Waals surface area contributed by atoms with Crippen molar-refractivity contribution in [2.24, 2.45) is 0 Å². The highest BCUT2D eigenvalue weighted by Gasteiger charge is 2.02. The molecule has 2 nitrogen and oxygen atoms in total. The van der Waals surface area contributed by atoms with Crippen molar-refractivity contribution in [3.05, 3.63) is 59.5 Å². The lowest BCUT2D eigenvalue weighted by molar-refractivity contribution is 0.773. The maximum absolute atomic E-state index is 4.59. The van der Waals surface area contributed by atoms with Crippen molar-refractivity contribution in [2.75, 3.05) is 6.54 Å². The van der Waals surface area contributed by atoms with Crippen LogP contribution in [0, 0.1) is 6.92 Å². The summed E-state index contributed by atoms with van der Waals surface area (Å²) in [5.41, 5.74) is 5.77. The minimum atomic E-state index is 1.00. The molecule has 0 atom stereocenters. The fourth-order valence-electron chi connectivity index (χ4n) is 2.10. The molecule has 1 N–H and O–H groups in total. The van der Waals surface area contributed by atoms with Gasteiger partial charge in [-0.25, -0.2) is 0 Å². The smallest absolute Gasteiger partial charge is 0.0676 e. The van der Waals surface area contributed by atoms with Crippen LogP contribution in [0.15, 0.2) is 48.3 Å². The molecule has 104 valence electrons. The molecule has 0 aliphatic heterocycles. The molecule has 0 bridgehead atoms. The Labute approximate surface area is 121 Å². The molecule has 1 heterocycles. The summed E-state index contributed by atoms with van der Waals surface area (Å²) in [6.45, 7) is 7.36. The van der Waals surface area contributed by atoms with Crippen LogP contribution in [-0.2, 0) is 0 Å². The largest absolute Gasteiger partial charge is 0.389 e. The number of benzene rings is 1. The van der Waals surface area contributed by atoms with Gasteiger partial charge >= 0.3 is 0 Å². The zero-order valence-corrected chi connectivity index (χ0v) is 12.5. The van der Waals surface area contributed by atoms with Gasteiger partial charge in [0.2, 0.25) is 0 Å². The van der Waals surface area contributed by atoms with Gasteiger partial charge in [-0.3, -0.25) is 4.98 Å². The lowest BCUT2D eigenvalue weighted by atomic mass is 10.0. The molecule has 0 radical (unpaired) electrons. The Morgan fingerprint density at radius 3 is 2.60 bits per heavy atom. The molecule has 0 amide bonds. The van der Waals surface area contributed by atoms with E-state index in [1.165, 1.54) is 16.7 Å². The predicted molar refractivity (Wildman–Crippen MR) is 86.4 cm³/mol. The maximum atomic E-state index is 4.59. The number of nitrogens with zero attached hydrogens (tertiary/aromatic N) is 1. The second-order valence-electron chi connectivity index (χ2n) is 5.05. The van der Waals surface area contributed by atoms with Gasteiger partial charge in [0.25, 0.3) is 0 Å². The zero-order chi connectivity index (χ0) is 14.4. The predicted octanol–water partition coefficient (Wildman–Crippen LogP) is 4.42. The Balaban J connectivity index is 2.22. The number of hydrogen-bond acceptors (Lipinski definition) is 2. The van der Waals surface area contributed by atoms with Crippen LogP contribution in [0.2, 0.25) is 0 Å². The Morgan fingerprint density at radius 1 is 1.20 bits per heavy atom. The third-order valence-corrected chi connectivity index (χ3v) is 3.23. The van der Waals surface area contributed by atoms with Gasteiger partial charge in [-0.1, -0.05) is 37.3 Å². The fourth-order valence-corrected chi connectivity index (χ4v) is 2.10. The molecule has 0 spiro atoms. The molecule has 2 aromatic rings. The molecular formula is C18H22N2. The summed E-state index contributed by atoms with van der Waals surface area (Å²) in [6, 6.07) is 12.6. The number of rotatable bonds is 5. The van der Waals surface area contributed by atoms with Crippen molar-refractivity contribution in [2.45, 2.75) is 27.2 Å². The molecule has 0 aliphatic carbocycles. The van der Waals surface area contributed by atoms with Gasteiger partial charge < -0.3 is 5.32 Å². The minimum absolute atomic E-state index is 1.00. The summed E-state index contributed by atoms with van der Waals surface area (Å²) in [5, 5.41) is 3.38. The number of aryl methyl sites for hydroxylation is 1. The Bertz CT molecular complexity index is 586. The highest BCUT2D eigenvalue weighted by Crippen LogP contribution is 2.21. The number of hydrogen-bond donors (Lipinski definition) is 1. The molecule has 0 unspecified atom stereocenters. The Hall–Kier alpha value is -2.09. The van der Waals surface area contributed by atoms with Gasteiger partial charge in [0.1, 0.15) is 0 Å². The molecule has 2 rings (SSSR count). The quantitative estimate of drug-likeness (QED) is 0.866. The van der Waals surface area contributed by atoms with Gasteiger partial charge in [-0.15, -0.1) is 0 Å². The van der Waals surface area contributed by atoms with Crippen LogP contribution < -0.4 is 5.32 Å². The van der Waals surface area contributed by atoms with E-state index >= 15 is 0 Å². The first-order valence-corrected chi connectivity index (χ1v) is 7.15. The first kappa shape index (κ1) is 14.3. The lowest BCUT2D eigenvalue weighted by Crippen LogP contribution is -2.11. The van der Waals surface area contributed by atoms with E-state index in [9.17, 15) is 0 Å². The van der Waals surface area contributed by atoms with Crippen LogP contribution in [0.1, 0.15) is 31.5 Å². The summed E-state index contributed by atoms with van der Waals surface area (Å²) >= 11 is 0. The lowest BCUT2D eigenvalue weighted by Gasteiger charge is -2.08. The van der Waals surface area contributed by atoms with Crippen LogP contribution >= 0.6 is 0 Å². The van der Waals surface area contributed by atoms with Gasteiger partial charge in [0, 0.05) is 24.0 Å². The normalized spacial score (nSPS) is 11.4. The van der Waals surface area contributed by atoms with Gasteiger partial charge in [0.05, 0.1) is 5.69 Å². The van der Waals surface area contributed by atoms with E-state index in [1.807, 2.05) is 12.3 Å². The van der Waals surface area contributed by atoms with Crippen molar-refractivity contribution >= 4 is 6.08 Å². The zero-order valence-electron chi connectivity index (χ0n) is 12.5. The molecule has 0 fully saturated rings. The summed E-state index contributed by atoms with van der Waals surface area (Å²) in [7, 11) is 0. The molecular weight excluding hydrogens is 244 g/mol. The van der Waals surface area contributed by atoms with Crippen LogP contribution in [0.4, 0.5) is 0 Å². The van der Waals surface area contributed by atoms with Crippen molar-refractivity contribution < 1.29 is 0 Å². The average molecular weight is 266 g/mol. The number of allylic oxidation sites excluding steroid dienone is 1. The van der Waals surface area contributed by atoms with Crippen molar-refractivity contribution in [3.63, 3.8) is 0 Å². The third kappa shape index (κ3) is 3.70. The van der Waals surface area contributed by atoms with E-state index in [1.54, 1.807) is 0 Å². The SMILES string of the molecule is CCCN/C(C)=C\c1ncc(-c2ccccc2)cc1C. The monoisotopic (exact) mass is 266 g/mol. The highest BCUT2D eigenvalue weighted by molar-refractivity contribution is 5.65. The molecule has 0 aliphatic rings. The van der Waals surface area contributed by atoms with Crippen molar-refractivity contribution in [3.8, 4) is 11.1 Å². The van der Waals surface area contributed by atoms with Crippen molar-refractivity contribution in [1.29, 1.82) is 0 Å². The van der Waals surface area contributed by atoms with E-state index in [4.69, 9.17) is 0 Å². The minimum Gasteiger partial charge on any atom is -0.389 e. The topological polar surface area (TPSA) is 24.9 Å². The van der Waals surface area contributed by atoms with Crippen LogP contribution in [0.5, 0.6) is 0 Å².